The van der Waals surface area contributed by atoms with Gasteiger partial charge in [-0.1, -0.05) is 23.7 Å². The molecule has 2 aliphatic rings. The summed E-state index contributed by atoms with van der Waals surface area (Å²) in [6, 6.07) is 9.97. The Morgan fingerprint density at radius 3 is 2.47 bits per heavy atom. The first kappa shape index (κ1) is 25.1. The fraction of sp³-hybridized carbons (Fsp3) is 0.462. The Morgan fingerprint density at radius 1 is 1.14 bits per heavy atom. The molecule has 3 aromatic rings. The van der Waals surface area contributed by atoms with Crippen molar-refractivity contribution in [2.75, 3.05) is 5.32 Å². The summed E-state index contributed by atoms with van der Waals surface area (Å²) < 4.78 is 14.4. The van der Waals surface area contributed by atoms with Crippen LogP contribution in [-0.4, -0.2) is 45.9 Å². The van der Waals surface area contributed by atoms with Crippen LogP contribution in [0.15, 0.2) is 47.7 Å². The van der Waals surface area contributed by atoms with Gasteiger partial charge in [-0.3, -0.25) is 0 Å². The lowest BCUT2D eigenvalue weighted by Crippen LogP contribution is -2.41. The third-order valence-electron chi connectivity index (χ3n) is 7.67. The molecule has 1 aliphatic heterocycles. The van der Waals surface area contributed by atoms with Crippen LogP contribution in [0.2, 0.25) is 5.02 Å². The van der Waals surface area contributed by atoms with Crippen LogP contribution in [-0.2, 0) is 9.31 Å². The van der Waals surface area contributed by atoms with Gasteiger partial charge >= 0.3 is 7.12 Å². The van der Waals surface area contributed by atoms with Crippen LogP contribution in [0.25, 0.3) is 5.52 Å². The highest BCUT2D eigenvalue weighted by Gasteiger charge is 2.52. The molecule has 0 atom stereocenters. The van der Waals surface area contributed by atoms with Gasteiger partial charge in [0.05, 0.1) is 44.9 Å². The van der Waals surface area contributed by atoms with E-state index in [4.69, 9.17) is 32.4 Å². The van der Waals surface area contributed by atoms with Gasteiger partial charge in [0.25, 0.3) is 0 Å². The summed E-state index contributed by atoms with van der Waals surface area (Å²) in [5.74, 6) is 0.339. The summed E-state index contributed by atoms with van der Waals surface area (Å²) in [7, 11) is -0.491. The van der Waals surface area contributed by atoms with Crippen LogP contribution in [0.3, 0.4) is 0 Å². The zero-order chi connectivity index (χ0) is 25.7. The standard InChI is InChI=1S/C26H34BClN6O2/c1-25(2)26(3,4)36-27(35-25)16-13-22-23(32-18-11-9-17(29)10-12-18)19(14-31-34(22)15-16)24(30)33-21-8-6-5-7-20(21)28/h5-8,13-15,17-18,32H,9-12,29H2,1-4H3,(H2,30,33). The SMILES string of the molecule is CC1(C)OB(c2cc3c(NC4CCC(N)CC4)c(C(N)=Nc4ccccc4Cl)cnn3c2)OC1(C)C. The summed E-state index contributed by atoms with van der Waals surface area (Å²) in [4.78, 5) is 4.63. The van der Waals surface area contributed by atoms with E-state index in [1.807, 2.05) is 56.6 Å². The molecule has 2 aromatic heterocycles. The Morgan fingerprint density at radius 2 is 1.81 bits per heavy atom. The minimum Gasteiger partial charge on any atom is -0.399 e. The van der Waals surface area contributed by atoms with Crippen LogP contribution in [0.5, 0.6) is 0 Å². The molecule has 36 heavy (non-hydrogen) atoms. The molecule has 5 rings (SSSR count). The molecule has 2 fully saturated rings. The summed E-state index contributed by atoms with van der Waals surface area (Å²) >= 11 is 6.34. The molecule has 1 aromatic carbocycles. The quantitative estimate of drug-likeness (QED) is 0.273. The molecule has 10 heteroatoms. The zero-order valence-electron chi connectivity index (χ0n) is 21.3. The van der Waals surface area contributed by atoms with Crippen molar-refractivity contribution in [2.45, 2.75) is 76.7 Å². The first-order valence-electron chi connectivity index (χ1n) is 12.5. The second-order valence-electron chi connectivity index (χ2n) is 10.8. The average molecular weight is 509 g/mol. The molecule has 190 valence electrons. The van der Waals surface area contributed by atoms with E-state index in [-0.39, 0.29) is 12.1 Å². The number of rotatable bonds is 5. The van der Waals surface area contributed by atoms with Gasteiger partial charge in [0.2, 0.25) is 0 Å². The number of halogens is 1. The Hall–Kier alpha value is -2.59. The highest BCUT2D eigenvalue weighted by atomic mass is 35.5. The summed E-state index contributed by atoms with van der Waals surface area (Å²) in [5, 5.41) is 8.93. The number of benzene rings is 1. The number of hydrogen-bond acceptors (Lipinski definition) is 6. The molecule has 1 saturated heterocycles. The molecular weight excluding hydrogens is 475 g/mol. The molecule has 0 amide bonds. The third kappa shape index (κ3) is 4.73. The maximum absolute atomic E-state index is 6.55. The van der Waals surface area contributed by atoms with Gasteiger partial charge in [0.1, 0.15) is 5.84 Å². The van der Waals surface area contributed by atoms with Gasteiger partial charge in [-0.15, -0.1) is 0 Å². The second kappa shape index (κ2) is 9.37. The number of aliphatic imine (C=N–C) groups is 1. The van der Waals surface area contributed by atoms with Crippen molar-refractivity contribution in [3.05, 3.63) is 53.3 Å². The summed E-state index contributed by atoms with van der Waals surface area (Å²) in [6.45, 7) is 8.19. The first-order valence-corrected chi connectivity index (χ1v) is 12.9. The number of anilines is 1. The van der Waals surface area contributed by atoms with Gasteiger partial charge in [-0.25, -0.2) is 9.51 Å². The van der Waals surface area contributed by atoms with E-state index >= 15 is 0 Å². The predicted molar refractivity (Wildman–Crippen MR) is 147 cm³/mol. The number of nitrogens with two attached hydrogens (primary N) is 2. The Kier molecular flexibility index (Phi) is 6.53. The lowest BCUT2D eigenvalue weighted by molar-refractivity contribution is 0.00578. The van der Waals surface area contributed by atoms with Gasteiger partial charge in [-0.05, 0) is 71.6 Å². The number of para-hydroxylation sites is 1. The van der Waals surface area contributed by atoms with Gasteiger partial charge in [0.15, 0.2) is 0 Å². The molecule has 8 nitrogen and oxygen atoms in total. The highest BCUT2D eigenvalue weighted by molar-refractivity contribution is 6.62. The number of fused-ring (bicyclic) bond motifs is 1. The maximum Gasteiger partial charge on any atom is 0.496 e. The van der Waals surface area contributed by atoms with Crippen molar-refractivity contribution in [2.24, 2.45) is 16.5 Å². The van der Waals surface area contributed by atoms with E-state index in [1.165, 1.54) is 0 Å². The number of aromatic nitrogens is 2. The van der Waals surface area contributed by atoms with Crippen molar-refractivity contribution in [1.29, 1.82) is 0 Å². The van der Waals surface area contributed by atoms with Crippen molar-refractivity contribution in [3.63, 3.8) is 0 Å². The van der Waals surface area contributed by atoms with Gasteiger partial charge < -0.3 is 26.1 Å². The number of nitrogens with one attached hydrogen (secondary N) is 1. The molecule has 0 unspecified atom stereocenters. The fourth-order valence-electron chi connectivity index (χ4n) is 4.73. The fourth-order valence-corrected chi connectivity index (χ4v) is 4.91. The Bertz CT molecular complexity index is 1280. The van der Waals surface area contributed by atoms with Crippen molar-refractivity contribution >= 4 is 46.9 Å². The highest BCUT2D eigenvalue weighted by Crippen LogP contribution is 2.37. The molecule has 0 spiro atoms. The van der Waals surface area contributed by atoms with E-state index in [9.17, 15) is 0 Å². The van der Waals surface area contributed by atoms with E-state index in [1.54, 1.807) is 12.3 Å². The molecule has 3 heterocycles. The molecule has 0 radical (unpaired) electrons. The summed E-state index contributed by atoms with van der Waals surface area (Å²) in [5.41, 5.74) is 15.8. The van der Waals surface area contributed by atoms with E-state index in [0.29, 0.717) is 16.5 Å². The topological polar surface area (TPSA) is 112 Å². The number of hydrogen-bond donors (Lipinski definition) is 3. The van der Waals surface area contributed by atoms with E-state index in [2.05, 4.69) is 21.5 Å². The Labute approximate surface area is 217 Å². The smallest absolute Gasteiger partial charge is 0.399 e. The zero-order valence-corrected chi connectivity index (χ0v) is 22.0. The lowest BCUT2D eigenvalue weighted by Gasteiger charge is -2.32. The Balaban J connectivity index is 1.57. The van der Waals surface area contributed by atoms with Crippen LogP contribution >= 0.6 is 11.6 Å². The van der Waals surface area contributed by atoms with Crippen LogP contribution in [0.4, 0.5) is 11.4 Å². The lowest BCUT2D eigenvalue weighted by atomic mass is 9.81. The third-order valence-corrected chi connectivity index (χ3v) is 7.99. The van der Waals surface area contributed by atoms with Gasteiger partial charge in [0, 0.05) is 23.7 Å². The monoisotopic (exact) mass is 508 g/mol. The molecular formula is C26H34BClN6O2. The van der Waals surface area contributed by atoms with E-state index < -0.39 is 18.3 Å². The van der Waals surface area contributed by atoms with Crippen molar-refractivity contribution in [1.82, 2.24) is 9.61 Å². The largest absolute Gasteiger partial charge is 0.496 e. The van der Waals surface area contributed by atoms with E-state index in [0.717, 1.165) is 47.9 Å². The van der Waals surface area contributed by atoms with Crippen LogP contribution in [0.1, 0.15) is 58.9 Å². The molecule has 1 saturated carbocycles. The van der Waals surface area contributed by atoms with Crippen LogP contribution < -0.4 is 22.2 Å². The predicted octanol–water partition coefficient (Wildman–Crippen LogP) is 4.01. The molecule has 0 bridgehead atoms. The molecule has 1 aliphatic carbocycles. The second-order valence-corrected chi connectivity index (χ2v) is 11.2. The van der Waals surface area contributed by atoms with Crippen molar-refractivity contribution in [3.8, 4) is 0 Å². The van der Waals surface area contributed by atoms with Gasteiger partial charge in [-0.2, -0.15) is 5.10 Å². The number of amidine groups is 1. The van der Waals surface area contributed by atoms with Crippen LogP contribution in [0, 0.1) is 0 Å². The minimum atomic E-state index is -0.491. The maximum atomic E-state index is 6.55. The van der Waals surface area contributed by atoms with Crippen molar-refractivity contribution < 1.29 is 9.31 Å². The first-order chi connectivity index (χ1) is 17.0. The molecule has 5 N–H and O–H groups in total. The summed E-state index contributed by atoms with van der Waals surface area (Å²) in [6.07, 6.45) is 7.64. The minimum absolute atomic E-state index is 0.259. The normalized spacial score (nSPS) is 23.8. The number of nitrogens with zero attached hydrogens (tertiary/aromatic N) is 3. The average Bonchev–Trinajstić information content (AvgIpc) is 3.35.